The minimum atomic E-state index is -0.313. The molecule has 6 nitrogen and oxygen atoms in total. The molecule has 0 aliphatic rings. The Morgan fingerprint density at radius 1 is 1.26 bits per heavy atom. The highest BCUT2D eigenvalue weighted by atomic mass is 35.5. The van der Waals surface area contributed by atoms with Crippen molar-refractivity contribution in [2.75, 3.05) is 11.1 Å². The van der Waals surface area contributed by atoms with Gasteiger partial charge in [-0.05, 0) is 50.6 Å². The smallest absolute Gasteiger partial charge is 0.234 e. The van der Waals surface area contributed by atoms with Crippen LogP contribution in [0.3, 0.4) is 0 Å². The Hall–Kier alpha value is -2.77. The quantitative estimate of drug-likeness (QED) is 0.335. The van der Waals surface area contributed by atoms with Gasteiger partial charge in [0.25, 0.3) is 0 Å². The molecule has 8 heteroatoms. The lowest BCUT2D eigenvalue weighted by atomic mass is 10.2. The molecule has 1 amide bonds. The van der Waals surface area contributed by atoms with Gasteiger partial charge in [0.2, 0.25) is 5.91 Å². The van der Waals surface area contributed by atoms with Crippen LogP contribution in [-0.2, 0) is 11.3 Å². The molecule has 2 aromatic carbocycles. The summed E-state index contributed by atoms with van der Waals surface area (Å²) in [5.74, 6) is 1.48. The normalized spacial score (nSPS) is 11.7. The van der Waals surface area contributed by atoms with Gasteiger partial charge < -0.3 is 10.1 Å². The summed E-state index contributed by atoms with van der Waals surface area (Å²) in [5, 5.41) is 12.7. The molecule has 1 atom stereocenters. The van der Waals surface area contributed by atoms with E-state index < -0.39 is 0 Å². The highest BCUT2D eigenvalue weighted by Gasteiger charge is 2.20. The fraction of sp³-hybridized carbons (Fsp3) is 0.261. The first kappa shape index (κ1) is 22.9. The van der Waals surface area contributed by atoms with E-state index in [9.17, 15) is 4.79 Å². The molecule has 0 fully saturated rings. The summed E-state index contributed by atoms with van der Waals surface area (Å²) in [4.78, 5) is 12.5. The zero-order valence-corrected chi connectivity index (χ0v) is 19.3. The lowest BCUT2D eigenvalue weighted by molar-refractivity contribution is -0.113. The zero-order valence-electron chi connectivity index (χ0n) is 17.8. The van der Waals surface area contributed by atoms with Gasteiger partial charge >= 0.3 is 0 Å². The second-order valence-corrected chi connectivity index (χ2v) is 8.41. The van der Waals surface area contributed by atoms with Crippen LogP contribution in [0.15, 0.2) is 60.3 Å². The standard InChI is InChI=1S/C23H25ClN4O2S/c1-5-13-28-22(17(4)30-18-11-9-15(2)10-12-18)26-27-23(28)31-14-21(29)25-20-8-6-7-19(24)16(20)3/h5-12,17H,1,13-14H2,2-4H3,(H,25,29). The Morgan fingerprint density at radius 3 is 2.71 bits per heavy atom. The molecule has 0 saturated carbocycles. The summed E-state index contributed by atoms with van der Waals surface area (Å²) in [6, 6.07) is 13.3. The van der Waals surface area contributed by atoms with Gasteiger partial charge in [-0.3, -0.25) is 9.36 Å². The SMILES string of the molecule is C=CCn1c(SCC(=O)Nc2cccc(Cl)c2C)nnc1C(C)Oc1ccc(C)cc1. The number of amides is 1. The van der Waals surface area contributed by atoms with Crippen LogP contribution in [-0.4, -0.2) is 26.4 Å². The molecular weight excluding hydrogens is 432 g/mol. The number of hydrogen-bond donors (Lipinski definition) is 1. The minimum Gasteiger partial charge on any atom is -0.483 e. The number of thioether (sulfide) groups is 1. The minimum absolute atomic E-state index is 0.144. The Balaban J connectivity index is 1.68. The number of carbonyl (C=O) groups is 1. The van der Waals surface area contributed by atoms with E-state index in [-0.39, 0.29) is 17.8 Å². The van der Waals surface area contributed by atoms with Crippen LogP contribution in [0.25, 0.3) is 0 Å². The van der Waals surface area contributed by atoms with Gasteiger partial charge in [0.15, 0.2) is 17.1 Å². The van der Waals surface area contributed by atoms with Crippen LogP contribution in [0.5, 0.6) is 5.75 Å². The van der Waals surface area contributed by atoms with E-state index in [1.165, 1.54) is 17.3 Å². The number of carbonyl (C=O) groups excluding carboxylic acids is 1. The Kier molecular flexibility index (Phi) is 7.76. The first-order chi connectivity index (χ1) is 14.9. The van der Waals surface area contributed by atoms with Crippen LogP contribution in [0.4, 0.5) is 5.69 Å². The molecule has 0 aliphatic heterocycles. The average molecular weight is 457 g/mol. The molecule has 31 heavy (non-hydrogen) atoms. The molecule has 162 valence electrons. The number of nitrogens with one attached hydrogen (secondary N) is 1. The molecule has 0 bridgehead atoms. The summed E-state index contributed by atoms with van der Waals surface area (Å²) in [5.41, 5.74) is 2.70. The van der Waals surface area contributed by atoms with Crippen molar-refractivity contribution in [2.24, 2.45) is 0 Å². The van der Waals surface area contributed by atoms with Crippen molar-refractivity contribution in [2.45, 2.75) is 38.6 Å². The van der Waals surface area contributed by atoms with Crippen molar-refractivity contribution < 1.29 is 9.53 Å². The Morgan fingerprint density at radius 2 is 2.00 bits per heavy atom. The molecule has 0 saturated heterocycles. The number of aryl methyl sites for hydroxylation is 1. The fourth-order valence-corrected chi connectivity index (χ4v) is 3.87. The third kappa shape index (κ3) is 5.89. The number of anilines is 1. The van der Waals surface area contributed by atoms with E-state index in [1.54, 1.807) is 18.2 Å². The predicted octanol–water partition coefficient (Wildman–Crippen LogP) is 5.61. The van der Waals surface area contributed by atoms with Crippen molar-refractivity contribution in [3.8, 4) is 5.75 Å². The molecule has 0 spiro atoms. The molecule has 3 aromatic rings. The summed E-state index contributed by atoms with van der Waals surface area (Å²) in [6.07, 6.45) is 1.46. The Bertz CT molecular complexity index is 1070. The largest absolute Gasteiger partial charge is 0.483 e. The van der Waals surface area contributed by atoms with Gasteiger partial charge in [0.05, 0.1) is 5.75 Å². The van der Waals surface area contributed by atoms with E-state index in [1.807, 2.05) is 55.7 Å². The van der Waals surface area contributed by atoms with Crippen molar-refractivity contribution in [1.82, 2.24) is 14.8 Å². The lowest BCUT2D eigenvalue weighted by Crippen LogP contribution is -2.16. The maximum atomic E-state index is 12.5. The molecule has 1 aromatic heterocycles. The summed E-state index contributed by atoms with van der Waals surface area (Å²) in [6.45, 7) is 10.2. The number of allylic oxidation sites excluding steroid dienone is 1. The molecule has 1 heterocycles. The van der Waals surface area contributed by atoms with Crippen LogP contribution in [0.2, 0.25) is 5.02 Å². The monoisotopic (exact) mass is 456 g/mol. The summed E-state index contributed by atoms with van der Waals surface area (Å²) in [7, 11) is 0. The number of benzene rings is 2. The molecule has 3 rings (SSSR count). The number of halogens is 1. The highest BCUT2D eigenvalue weighted by molar-refractivity contribution is 7.99. The summed E-state index contributed by atoms with van der Waals surface area (Å²) < 4.78 is 7.94. The maximum absolute atomic E-state index is 12.5. The Labute approximate surface area is 191 Å². The predicted molar refractivity (Wildman–Crippen MR) is 126 cm³/mol. The zero-order chi connectivity index (χ0) is 22.4. The van der Waals surface area contributed by atoms with E-state index >= 15 is 0 Å². The lowest BCUT2D eigenvalue weighted by Gasteiger charge is -2.16. The maximum Gasteiger partial charge on any atom is 0.234 e. The topological polar surface area (TPSA) is 69.0 Å². The van der Waals surface area contributed by atoms with E-state index in [4.69, 9.17) is 16.3 Å². The van der Waals surface area contributed by atoms with Crippen molar-refractivity contribution in [1.29, 1.82) is 0 Å². The fourth-order valence-electron chi connectivity index (χ4n) is 2.94. The number of nitrogens with zero attached hydrogens (tertiary/aromatic N) is 3. The second kappa shape index (κ2) is 10.5. The van der Waals surface area contributed by atoms with Gasteiger partial charge in [-0.1, -0.05) is 53.2 Å². The van der Waals surface area contributed by atoms with Crippen LogP contribution >= 0.6 is 23.4 Å². The van der Waals surface area contributed by atoms with Crippen molar-refractivity contribution in [3.63, 3.8) is 0 Å². The first-order valence-corrected chi connectivity index (χ1v) is 11.2. The highest BCUT2D eigenvalue weighted by Crippen LogP contribution is 2.26. The third-order valence-corrected chi connectivity index (χ3v) is 6.00. The number of hydrogen-bond acceptors (Lipinski definition) is 5. The number of ether oxygens (including phenoxy) is 1. The number of rotatable bonds is 9. The number of aromatic nitrogens is 3. The molecule has 0 aliphatic carbocycles. The van der Waals surface area contributed by atoms with E-state index in [2.05, 4.69) is 22.1 Å². The van der Waals surface area contributed by atoms with Gasteiger partial charge in [0.1, 0.15) is 5.75 Å². The van der Waals surface area contributed by atoms with Crippen LogP contribution < -0.4 is 10.1 Å². The summed E-state index contributed by atoms with van der Waals surface area (Å²) >= 11 is 7.44. The first-order valence-electron chi connectivity index (χ1n) is 9.84. The van der Waals surface area contributed by atoms with Gasteiger partial charge in [-0.15, -0.1) is 16.8 Å². The van der Waals surface area contributed by atoms with E-state index in [0.717, 1.165) is 11.3 Å². The van der Waals surface area contributed by atoms with Gasteiger partial charge in [-0.2, -0.15) is 0 Å². The second-order valence-electron chi connectivity index (χ2n) is 7.06. The van der Waals surface area contributed by atoms with E-state index in [0.29, 0.717) is 28.2 Å². The molecule has 1 N–H and O–H groups in total. The molecular formula is C23H25ClN4O2S. The molecule has 1 unspecified atom stereocenters. The third-order valence-electron chi connectivity index (χ3n) is 4.63. The van der Waals surface area contributed by atoms with Gasteiger partial charge in [-0.25, -0.2) is 0 Å². The van der Waals surface area contributed by atoms with Gasteiger partial charge in [0, 0.05) is 17.3 Å². The van der Waals surface area contributed by atoms with Crippen molar-refractivity contribution >= 4 is 35.0 Å². The average Bonchev–Trinajstić information content (AvgIpc) is 3.14. The molecule has 0 radical (unpaired) electrons. The van der Waals surface area contributed by atoms with Crippen LogP contribution in [0, 0.1) is 13.8 Å². The van der Waals surface area contributed by atoms with Crippen molar-refractivity contribution in [3.05, 3.63) is 77.1 Å². The van der Waals surface area contributed by atoms with Crippen LogP contribution in [0.1, 0.15) is 30.0 Å².